The summed E-state index contributed by atoms with van der Waals surface area (Å²) in [5.41, 5.74) is 1.65. The monoisotopic (exact) mass is 294 g/mol. The Balaban J connectivity index is 2.13. The highest BCUT2D eigenvalue weighted by molar-refractivity contribution is 5.29. The first-order chi connectivity index (χ1) is 9.90. The number of aliphatic hydroxyl groups is 1. The lowest BCUT2D eigenvalue weighted by Crippen LogP contribution is -2.07. The predicted molar refractivity (Wildman–Crippen MR) is 75.9 cm³/mol. The summed E-state index contributed by atoms with van der Waals surface area (Å²) in [7, 11) is 0. The Morgan fingerprint density at radius 1 is 1.00 bits per heavy atom. The van der Waals surface area contributed by atoms with Gasteiger partial charge in [-0.2, -0.15) is 13.2 Å². The molecule has 1 atom stereocenters. The second-order valence-corrected chi connectivity index (χ2v) is 5.01. The van der Waals surface area contributed by atoms with Crippen LogP contribution in [0.1, 0.15) is 35.3 Å². The molecule has 21 heavy (non-hydrogen) atoms. The molecule has 1 N–H and O–H groups in total. The van der Waals surface area contributed by atoms with Crippen LogP contribution in [0.25, 0.3) is 0 Å². The first-order valence-electron chi connectivity index (χ1n) is 6.83. The van der Waals surface area contributed by atoms with Crippen LogP contribution >= 0.6 is 0 Å². The van der Waals surface area contributed by atoms with Crippen molar-refractivity contribution in [3.05, 3.63) is 70.8 Å². The number of benzene rings is 2. The summed E-state index contributed by atoms with van der Waals surface area (Å²) in [4.78, 5) is 0. The smallest absolute Gasteiger partial charge is 0.388 e. The number of aryl methyl sites for hydroxylation is 1. The molecule has 0 aliphatic heterocycles. The van der Waals surface area contributed by atoms with Gasteiger partial charge >= 0.3 is 6.18 Å². The summed E-state index contributed by atoms with van der Waals surface area (Å²) >= 11 is 0. The van der Waals surface area contributed by atoms with Crippen LogP contribution < -0.4 is 0 Å². The Labute approximate surface area is 122 Å². The van der Waals surface area contributed by atoms with Gasteiger partial charge in [-0.25, -0.2) is 0 Å². The van der Waals surface area contributed by atoms with E-state index in [-0.39, 0.29) is 6.42 Å². The lowest BCUT2D eigenvalue weighted by Gasteiger charge is -2.13. The average molecular weight is 294 g/mol. The van der Waals surface area contributed by atoms with Crippen molar-refractivity contribution in [2.24, 2.45) is 0 Å². The maximum absolute atomic E-state index is 12.6. The molecule has 0 bridgehead atoms. The normalized spacial score (nSPS) is 13.2. The van der Waals surface area contributed by atoms with Crippen molar-refractivity contribution >= 4 is 0 Å². The van der Waals surface area contributed by atoms with Crippen molar-refractivity contribution in [1.82, 2.24) is 0 Å². The van der Waals surface area contributed by atoms with Crippen LogP contribution in [0.5, 0.6) is 0 Å². The van der Waals surface area contributed by atoms with Crippen molar-refractivity contribution in [3.8, 4) is 0 Å². The molecule has 0 amide bonds. The van der Waals surface area contributed by atoms with Crippen molar-refractivity contribution in [3.63, 3.8) is 0 Å². The Kier molecular flexibility index (Phi) is 4.68. The predicted octanol–water partition coefficient (Wildman–Crippen LogP) is 4.54. The van der Waals surface area contributed by atoms with E-state index >= 15 is 0 Å². The first kappa shape index (κ1) is 15.6. The fourth-order valence-electron chi connectivity index (χ4n) is 2.19. The topological polar surface area (TPSA) is 20.2 Å². The largest absolute Gasteiger partial charge is 0.416 e. The highest BCUT2D eigenvalue weighted by Crippen LogP contribution is 2.30. The summed E-state index contributed by atoms with van der Waals surface area (Å²) in [6.07, 6.45) is -4.09. The van der Waals surface area contributed by atoms with E-state index in [1.165, 1.54) is 6.07 Å². The summed E-state index contributed by atoms with van der Waals surface area (Å²) in [6.45, 7) is 2.04. The second kappa shape index (κ2) is 6.31. The van der Waals surface area contributed by atoms with E-state index in [4.69, 9.17) is 0 Å². The van der Waals surface area contributed by atoms with Crippen LogP contribution in [0.15, 0.2) is 48.5 Å². The molecule has 4 heteroatoms. The zero-order valence-electron chi connectivity index (χ0n) is 11.7. The van der Waals surface area contributed by atoms with Crippen LogP contribution in [0, 0.1) is 0 Å². The molecule has 0 aromatic heterocycles. The van der Waals surface area contributed by atoms with Gasteiger partial charge in [0.1, 0.15) is 0 Å². The summed E-state index contributed by atoms with van der Waals surface area (Å²) in [5.74, 6) is 0. The number of hydrogen-bond donors (Lipinski definition) is 1. The fourth-order valence-corrected chi connectivity index (χ4v) is 2.19. The molecule has 0 saturated carbocycles. The second-order valence-electron chi connectivity index (χ2n) is 5.01. The third kappa shape index (κ3) is 4.08. The standard InChI is InChI=1S/C17H17F3O/c1-2-12-6-8-14(9-7-12)16(21)11-13-4-3-5-15(10-13)17(18,19)20/h3-10,16,21H,2,11H2,1H3. The van der Waals surface area contributed by atoms with E-state index in [9.17, 15) is 18.3 Å². The van der Waals surface area contributed by atoms with E-state index < -0.39 is 17.8 Å². The minimum Gasteiger partial charge on any atom is -0.388 e. The molecule has 0 saturated heterocycles. The van der Waals surface area contributed by atoms with Crippen molar-refractivity contribution < 1.29 is 18.3 Å². The molecule has 112 valence electrons. The molecule has 0 aliphatic carbocycles. The quantitative estimate of drug-likeness (QED) is 0.877. The molecular formula is C17H17F3O. The van der Waals surface area contributed by atoms with Crippen LogP contribution in [0.3, 0.4) is 0 Å². The summed E-state index contributed by atoms with van der Waals surface area (Å²) in [6, 6.07) is 12.6. The van der Waals surface area contributed by atoms with Crippen molar-refractivity contribution in [2.45, 2.75) is 32.0 Å². The fraction of sp³-hybridized carbons (Fsp3) is 0.294. The van der Waals surface area contributed by atoms with Gasteiger partial charge < -0.3 is 5.11 Å². The zero-order chi connectivity index (χ0) is 15.5. The number of rotatable bonds is 4. The minimum absolute atomic E-state index is 0.162. The van der Waals surface area contributed by atoms with Gasteiger partial charge in [0, 0.05) is 6.42 Å². The van der Waals surface area contributed by atoms with Gasteiger partial charge in [0.15, 0.2) is 0 Å². The molecule has 2 rings (SSSR count). The number of halogens is 3. The lowest BCUT2D eigenvalue weighted by molar-refractivity contribution is -0.137. The van der Waals surface area contributed by atoms with Crippen LogP contribution in [0.4, 0.5) is 13.2 Å². The molecule has 0 fully saturated rings. The molecule has 0 heterocycles. The number of alkyl halides is 3. The maximum Gasteiger partial charge on any atom is 0.416 e. The van der Waals surface area contributed by atoms with Crippen molar-refractivity contribution in [1.29, 1.82) is 0 Å². The molecule has 1 nitrogen and oxygen atoms in total. The maximum atomic E-state index is 12.6. The van der Waals surface area contributed by atoms with E-state index in [1.807, 2.05) is 31.2 Å². The van der Waals surface area contributed by atoms with Gasteiger partial charge in [-0.1, -0.05) is 49.4 Å². The Morgan fingerprint density at radius 2 is 1.67 bits per heavy atom. The van der Waals surface area contributed by atoms with Crippen LogP contribution in [-0.2, 0) is 19.0 Å². The first-order valence-corrected chi connectivity index (χ1v) is 6.83. The van der Waals surface area contributed by atoms with Crippen LogP contribution in [0.2, 0.25) is 0 Å². The number of aliphatic hydroxyl groups excluding tert-OH is 1. The lowest BCUT2D eigenvalue weighted by atomic mass is 9.99. The molecule has 2 aromatic rings. The highest BCUT2D eigenvalue weighted by atomic mass is 19.4. The molecular weight excluding hydrogens is 277 g/mol. The van der Waals surface area contributed by atoms with Gasteiger partial charge in [0.25, 0.3) is 0 Å². The molecule has 2 aromatic carbocycles. The van der Waals surface area contributed by atoms with E-state index in [1.54, 1.807) is 6.07 Å². The Morgan fingerprint density at radius 3 is 2.24 bits per heavy atom. The van der Waals surface area contributed by atoms with Gasteiger partial charge in [0.2, 0.25) is 0 Å². The van der Waals surface area contributed by atoms with E-state index in [0.29, 0.717) is 11.1 Å². The third-order valence-corrected chi connectivity index (χ3v) is 3.46. The molecule has 0 radical (unpaired) electrons. The summed E-state index contributed by atoms with van der Waals surface area (Å²) in [5, 5.41) is 10.1. The van der Waals surface area contributed by atoms with Gasteiger partial charge in [-0.3, -0.25) is 0 Å². The third-order valence-electron chi connectivity index (χ3n) is 3.46. The summed E-state index contributed by atoms with van der Waals surface area (Å²) < 4.78 is 37.9. The zero-order valence-corrected chi connectivity index (χ0v) is 11.7. The van der Waals surface area contributed by atoms with Gasteiger partial charge in [-0.15, -0.1) is 0 Å². The van der Waals surface area contributed by atoms with Crippen molar-refractivity contribution in [2.75, 3.05) is 0 Å². The molecule has 0 aliphatic rings. The molecule has 1 unspecified atom stereocenters. The van der Waals surface area contributed by atoms with E-state index in [2.05, 4.69) is 0 Å². The average Bonchev–Trinajstić information content (AvgIpc) is 2.47. The Bertz CT molecular complexity index is 588. The Hall–Kier alpha value is -1.81. The molecule has 0 spiro atoms. The SMILES string of the molecule is CCc1ccc(C(O)Cc2cccc(C(F)(F)F)c2)cc1. The van der Waals surface area contributed by atoms with Gasteiger partial charge in [-0.05, 0) is 29.2 Å². The highest BCUT2D eigenvalue weighted by Gasteiger charge is 2.30. The van der Waals surface area contributed by atoms with Gasteiger partial charge in [0.05, 0.1) is 11.7 Å². The van der Waals surface area contributed by atoms with E-state index in [0.717, 1.165) is 24.1 Å². The minimum atomic E-state index is -4.36. The van der Waals surface area contributed by atoms with Crippen LogP contribution in [-0.4, -0.2) is 5.11 Å². The number of hydrogen-bond acceptors (Lipinski definition) is 1.